The summed E-state index contributed by atoms with van der Waals surface area (Å²) in [5.41, 5.74) is 2.38. The molecule has 1 heterocycles. The second-order valence-electron chi connectivity index (χ2n) is 5.76. The molecule has 1 saturated heterocycles. The van der Waals surface area contributed by atoms with Gasteiger partial charge >= 0.3 is 0 Å². The van der Waals surface area contributed by atoms with Crippen LogP contribution in [0.5, 0.6) is 0 Å². The molecule has 0 amide bonds. The second kappa shape index (κ2) is 7.73. The van der Waals surface area contributed by atoms with Gasteiger partial charge in [0, 0.05) is 38.4 Å². The monoisotopic (exact) mass is 307 g/mol. The van der Waals surface area contributed by atoms with Gasteiger partial charge in [0.25, 0.3) is 0 Å². The molecule has 1 aromatic carbocycles. The SMILES string of the molecule is CC(C)c1ccc(NC(=S)N2CCN(CCO)CC2)cc1. The Hall–Kier alpha value is -1.17. The van der Waals surface area contributed by atoms with Crippen LogP contribution in [0.25, 0.3) is 0 Å². The van der Waals surface area contributed by atoms with Crippen LogP contribution in [0.4, 0.5) is 5.69 Å². The fourth-order valence-corrected chi connectivity index (χ4v) is 2.77. The summed E-state index contributed by atoms with van der Waals surface area (Å²) in [4.78, 5) is 4.45. The van der Waals surface area contributed by atoms with Gasteiger partial charge in [0.05, 0.1) is 6.61 Å². The van der Waals surface area contributed by atoms with E-state index in [1.165, 1.54) is 5.56 Å². The minimum Gasteiger partial charge on any atom is -0.395 e. The van der Waals surface area contributed by atoms with E-state index in [1.54, 1.807) is 0 Å². The number of hydrogen-bond donors (Lipinski definition) is 2. The van der Waals surface area contributed by atoms with Crippen molar-refractivity contribution in [3.8, 4) is 0 Å². The molecule has 0 unspecified atom stereocenters. The highest BCUT2D eigenvalue weighted by molar-refractivity contribution is 7.80. The highest BCUT2D eigenvalue weighted by atomic mass is 32.1. The standard InChI is InChI=1S/C16H25N3OS/c1-13(2)14-3-5-15(6-4-14)17-16(21)19-9-7-18(8-10-19)11-12-20/h3-6,13,20H,7-12H2,1-2H3,(H,17,21). The summed E-state index contributed by atoms with van der Waals surface area (Å²) < 4.78 is 0. The number of anilines is 1. The predicted molar refractivity (Wildman–Crippen MR) is 91.9 cm³/mol. The molecule has 1 aliphatic heterocycles. The van der Waals surface area contributed by atoms with Crippen LogP contribution in [0, 0.1) is 0 Å². The Morgan fingerprint density at radius 1 is 1.19 bits per heavy atom. The molecule has 0 atom stereocenters. The number of thiocarbonyl (C=S) groups is 1. The first-order valence-electron chi connectivity index (χ1n) is 7.59. The molecule has 2 N–H and O–H groups in total. The van der Waals surface area contributed by atoms with Crippen LogP contribution in [0.15, 0.2) is 24.3 Å². The zero-order chi connectivity index (χ0) is 15.2. The average Bonchev–Trinajstić information content (AvgIpc) is 2.49. The topological polar surface area (TPSA) is 38.7 Å². The Labute approximate surface area is 132 Å². The number of nitrogens with zero attached hydrogens (tertiary/aromatic N) is 2. The highest BCUT2D eigenvalue weighted by Gasteiger charge is 2.18. The Balaban J connectivity index is 1.84. The molecule has 5 heteroatoms. The third-order valence-electron chi connectivity index (χ3n) is 3.90. The molecule has 1 fully saturated rings. The van der Waals surface area contributed by atoms with E-state index in [2.05, 4.69) is 53.2 Å². The van der Waals surface area contributed by atoms with Crippen molar-refractivity contribution in [2.45, 2.75) is 19.8 Å². The van der Waals surface area contributed by atoms with Crippen molar-refractivity contribution in [2.24, 2.45) is 0 Å². The van der Waals surface area contributed by atoms with Crippen LogP contribution in [-0.4, -0.2) is 59.3 Å². The zero-order valence-corrected chi connectivity index (χ0v) is 13.7. The van der Waals surface area contributed by atoms with E-state index in [0.29, 0.717) is 5.92 Å². The normalized spacial score (nSPS) is 16.3. The summed E-state index contributed by atoms with van der Waals surface area (Å²) in [5, 5.41) is 13.1. The van der Waals surface area contributed by atoms with Gasteiger partial charge in [-0.05, 0) is 35.8 Å². The molecule has 0 saturated carbocycles. The molecular formula is C16H25N3OS. The lowest BCUT2D eigenvalue weighted by molar-refractivity contribution is 0.148. The summed E-state index contributed by atoms with van der Waals surface area (Å²) >= 11 is 5.49. The molecule has 0 spiro atoms. The summed E-state index contributed by atoms with van der Waals surface area (Å²) in [6.07, 6.45) is 0. The molecule has 2 rings (SSSR count). The lowest BCUT2D eigenvalue weighted by Crippen LogP contribution is -2.50. The zero-order valence-electron chi connectivity index (χ0n) is 12.9. The Bertz CT molecular complexity index is 453. The lowest BCUT2D eigenvalue weighted by Gasteiger charge is -2.35. The smallest absolute Gasteiger partial charge is 0.173 e. The van der Waals surface area contributed by atoms with Gasteiger partial charge in [-0.2, -0.15) is 0 Å². The third kappa shape index (κ3) is 4.66. The fraction of sp³-hybridized carbons (Fsp3) is 0.562. The highest BCUT2D eigenvalue weighted by Crippen LogP contribution is 2.17. The predicted octanol–water partition coefficient (Wildman–Crippen LogP) is 2.12. The molecule has 21 heavy (non-hydrogen) atoms. The molecule has 0 bridgehead atoms. The van der Waals surface area contributed by atoms with Gasteiger partial charge in [-0.15, -0.1) is 0 Å². The maximum absolute atomic E-state index is 8.96. The summed E-state index contributed by atoms with van der Waals surface area (Å²) in [5.74, 6) is 0.547. The number of rotatable bonds is 4. The van der Waals surface area contributed by atoms with Gasteiger partial charge in [-0.25, -0.2) is 0 Å². The first-order chi connectivity index (χ1) is 10.1. The van der Waals surface area contributed by atoms with Crippen LogP contribution in [0.1, 0.15) is 25.3 Å². The van der Waals surface area contributed by atoms with E-state index in [9.17, 15) is 0 Å². The molecule has 4 nitrogen and oxygen atoms in total. The second-order valence-corrected chi connectivity index (χ2v) is 6.15. The number of aliphatic hydroxyl groups is 1. The van der Waals surface area contributed by atoms with Crippen molar-refractivity contribution in [1.82, 2.24) is 9.80 Å². The molecule has 1 aromatic rings. The molecule has 0 radical (unpaired) electrons. The largest absolute Gasteiger partial charge is 0.395 e. The van der Waals surface area contributed by atoms with Gasteiger partial charge in [0.2, 0.25) is 0 Å². The number of aliphatic hydroxyl groups excluding tert-OH is 1. The Kier molecular flexibility index (Phi) is 5.96. The van der Waals surface area contributed by atoms with Gasteiger partial charge in [-0.3, -0.25) is 4.90 Å². The van der Waals surface area contributed by atoms with Gasteiger partial charge in [0.1, 0.15) is 0 Å². The first-order valence-corrected chi connectivity index (χ1v) is 8.00. The van der Waals surface area contributed by atoms with E-state index >= 15 is 0 Å². The van der Waals surface area contributed by atoms with Crippen molar-refractivity contribution in [2.75, 3.05) is 44.6 Å². The van der Waals surface area contributed by atoms with E-state index in [-0.39, 0.29) is 6.61 Å². The van der Waals surface area contributed by atoms with Gasteiger partial charge < -0.3 is 15.3 Å². The summed E-state index contributed by atoms with van der Waals surface area (Å²) in [6, 6.07) is 8.47. The number of hydrogen-bond acceptors (Lipinski definition) is 3. The van der Waals surface area contributed by atoms with E-state index < -0.39 is 0 Å². The Morgan fingerprint density at radius 3 is 2.33 bits per heavy atom. The molecule has 1 aliphatic rings. The minimum absolute atomic E-state index is 0.227. The minimum atomic E-state index is 0.227. The first kappa shape index (κ1) is 16.2. The maximum Gasteiger partial charge on any atom is 0.173 e. The van der Waals surface area contributed by atoms with Crippen LogP contribution in [-0.2, 0) is 0 Å². The third-order valence-corrected chi connectivity index (χ3v) is 4.26. The van der Waals surface area contributed by atoms with Gasteiger partial charge in [-0.1, -0.05) is 26.0 Å². The summed E-state index contributed by atoms with van der Waals surface area (Å²) in [7, 11) is 0. The van der Waals surface area contributed by atoms with Crippen LogP contribution < -0.4 is 5.32 Å². The average molecular weight is 307 g/mol. The van der Waals surface area contributed by atoms with Crippen LogP contribution in [0.2, 0.25) is 0 Å². The van der Waals surface area contributed by atoms with Crippen molar-refractivity contribution >= 4 is 23.0 Å². The molecule has 0 aliphatic carbocycles. The van der Waals surface area contributed by atoms with Crippen molar-refractivity contribution in [3.05, 3.63) is 29.8 Å². The van der Waals surface area contributed by atoms with E-state index in [4.69, 9.17) is 17.3 Å². The van der Waals surface area contributed by atoms with Crippen molar-refractivity contribution in [1.29, 1.82) is 0 Å². The number of β-amino-alcohol motifs (C(OH)–C–C–N with tert-alkyl or cyclic N) is 1. The Morgan fingerprint density at radius 2 is 1.81 bits per heavy atom. The fourth-order valence-electron chi connectivity index (χ4n) is 2.47. The molecule has 0 aromatic heterocycles. The van der Waals surface area contributed by atoms with Crippen LogP contribution in [0.3, 0.4) is 0 Å². The van der Waals surface area contributed by atoms with E-state index in [0.717, 1.165) is 43.5 Å². The van der Waals surface area contributed by atoms with Crippen molar-refractivity contribution in [3.63, 3.8) is 0 Å². The number of benzene rings is 1. The maximum atomic E-state index is 8.96. The van der Waals surface area contributed by atoms with Crippen LogP contribution >= 0.6 is 12.2 Å². The number of nitrogens with one attached hydrogen (secondary N) is 1. The van der Waals surface area contributed by atoms with Crippen molar-refractivity contribution < 1.29 is 5.11 Å². The number of piperazine rings is 1. The van der Waals surface area contributed by atoms with Gasteiger partial charge in [0.15, 0.2) is 5.11 Å². The molecule has 116 valence electrons. The summed E-state index contributed by atoms with van der Waals surface area (Å²) in [6.45, 7) is 9.10. The molecular weight excluding hydrogens is 282 g/mol. The lowest BCUT2D eigenvalue weighted by atomic mass is 10.0. The quantitative estimate of drug-likeness (QED) is 0.834. The van der Waals surface area contributed by atoms with E-state index in [1.807, 2.05) is 0 Å².